The molecular formula is C15H16N2O2. The highest BCUT2D eigenvalue weighted by atomic mass is 16.5. The molecule has 0 bridgehead atoms. The lowest BCUT2D eigenvalue weighted by Gasteiger charge is -2.09. The van der Waals surface area contributed by atoms with Gasteiger partial charge >= 0.3 is 0 Å². The molecule has 2 aromatic rings. The summed E-state index contributed by atoms with van der Waals surface area (Å²) < 4.78 is 5.24. The van der Waals surface area contributed by atoms with Crippen molar-refractivity contribution in [1.29, 1.82) is 0 Å². The van der Waals surface area contributed by atoms with Gasteiger partial charge in [-0.15, -0.1) is 0 Å². The van der Waals surface area contributed by atoms with Gasteiger partial charge in [0.05, 0.1) is 7.11 Å². The predicted octanol–water partition coefficient (Wildman–Crippen LogP) is 2.33. The number of hydrogen-bond acceptors (Lipinski definition) is 3. The molecule has 0 atom stereocenters. The number of ether oxygens (including phenoxy) is 1. The van der Waals surface area contributed by atoms with E-state index in [2.05, 4.69) is 10.3 Å². The zero-order chi connectivity index (χ0) is 13.7. The number of pyridine rings is 1. The van der Waals surface area contributed by atoms with Gasteiger partial charge in [0.25, 0.3) is 5.91 Å². The number of para-hydroxylation sites is 1. The minimum Gasteiger partial charge on any atom is -0.496 e. The van der Waals surface area contributed by atoms with Crippen LogP contribution in [0.2, 0.25) is 0 Å². The molecule has 1 heterocycles. The summed E-state index contributed by atoms with van der Waals surface area (Å²) in [6, 6.07) is 11.2. The topological polar surface area (TPSA) is 51.2 Å². The van der Waals surface area contributed by atoms with E-state index in [1.165, 1.54) is 0 Å². The Morgan fingerprint density at radius 3 is 2.84 bits per heavy atom. The first-order valence-electron chi connectivity index (χ1n) is 6.03. The summed E-state index contributed by atoms with van der Waals surface area (Å²) in [5.41, 5.74) is 2.37. The van der Waals surface area contributed by atoms with Crippen LogP contribution in [0.3, 0.4) is 0 Å². The SMILES string of the molecule is COc1ccccc1CNC(=O)c1cc(C)ccn1. The predicted molar refractivity (Wildman–Crippen MR) is 73.1 cm³/mol. The Hall–Kier alpha value is -2.36. The quantitative estimate of drug-likeness (QED) is 0.913. The second-order valence-electron chi connectivity index (χ2n) is 4.21. The first kappa shape index (κ1) is 13.1. The van der Waals surface area contributed by atoms with Crippen molar-refractivity contribution in [2.24, 2.45) is 0 Å². The van der Waals surface area contributed by atoms with Crippen molar-refractivity contribution in [3.8, 4) is 5.75 Å². The number of carbonyl (C=O) groups excluding carboxylic acids is 1. The number of carbonyl (C=O) groups is 1. The van der Waals surface area contributed by atoms with Gasteiger partial charge in [-0.1, -0.05) is 18.2 Å². The normalized spacial score (nSPS) is 10.0. The van der Waals surface area contributed by atoms with Crippen molar-refractivity contribution in [3.63, 3.8) is 0 Å². The molecule has 0 spiro atoms. The number of aryl methyl sites for hydroxylation is 1. The van der Waals surface area contributed by atoms with E-state index in [-0.39, 0.29) is 5.91 Å². The van der Waals surface area contributed by atoms with Gasteiger partial charge in [-0.2, -0.15) is 0 Å². The highest BCUT2D eigenvalue weighted by molar-refractivity contribution is 5.92. The zero-order valence-electron chi connectivity index (χ0n) is 11.0. The van der Waals surface area contributed by atoms with E-state index in [1.807, 2.05) is 37.3 Å². The standard InChI is InChI=1S/C15H16N2O2/c1-11-7-8-16-13(9-11)15(18)17-10-12-5-3-4-6-14(12)19-2/h3-9H,10H2,1-2H3,(H,17,18). The molecule has 0 unspecified atom stereocenters. The number of nitrogens with one attached hydrogen (secondary N) is 1. The number of aromatic nitrogens is 1. The van der Waals surface area contributed by atoms with Crippen LogP contribution < -0.4 is 10.1 Å². The van der Waals surface area contributed by atoms with Crippen molar-refractivity contribution in [1.82, 2.24) is 10.3 Å². The second-order valence-corrected chi connectivity index (χ2v) is 4.21. The first-order chi connectivity index (χ1) is 9.20. The van der Waals surface area contributed by atoms with Gasteiger partial charge in [-0.05, 0) is 30.7 Å². The third kappa shape index (κ3) is 3.31. The van der Waals surface area contributed by atoms with Crippen molar-refractivity contribution in [2.45, 2.75) is 13.5 Å². The van der Waals surface area contributed by atoms with E-state index in [9.17, 15) is 4.79 Å². The maximum absolute atomic E-state index is 12.0. The van der Waals surface area contributed by atoms with Gasteiger partial charge in [0.2, 0.25) is 0 Å². The van der Waals surface area contributed by atoms with Crippen LogP contribution in [0.15, 0.2) is 42.6 Å². The van der Waals surface area contributed by atoms with Gasteiger partial charge in [0, 0.05) is 18.3 Å². The molecule has 1 aromatic carbocycles. The number of benzene rings is 1. The average Bonchev–Trinajstić information content (AvgIpc) is 2.45. The van der Waals surface area contributed by atoms with Crippen LogP contribution in [0.5, 0.6) is 5.75 Å². The summed E-state index contributed by atoms with van der Waals surface area (Å²) in [7, 11) is 1.61. The molecule has 1 amide bonds. The minimum absolute atomic E-state index is 0.186. The van der Waals surface area contributed by atoms with Crippen molar-refractivity contribution < 1.29 is 9.53 Å². The van der Waals surface area contributed by atoms with E-state index < -0.39 is 0 Å². The van der Waals surface area contributed by atoms with Crippen molar-refractivity contribution in [2.75, 3.05) is 7.11 Å². The van der Waals surface area contributed by atoms with Crippen LogP contribution in [-0.2, 0) is 6.54 Å². The summed E-state index contributed by atoms with van der Waals surface area (Å²) in [4.78, 5) is 16.0. The number of methoxy groups -OCH3 is 1. The van der Waals surface area contributed by atoms with E-state index >= 15 is 0 Å². The minimum atomic E-state index is -0.186. The Bertz CT molecular complexity index is 582. The van der Waals surface area contributed by atoms with Gasteiger partial charge in [0.15, 0.2) is 0 Å². The van der Waals surface area contributed by atoms with Crippen LogP contribution in [0.4, 0.5) is 0 Å². The second kappa shape index (κ2) is 6.00. The molecule has 4 nitrogen and oxygen atoms in total. The Labute approximate surface area is 112 Å². The van der Waals surface area contributed by atoms with Crippen LogP contribution in [0.1, 0.15) is 21.6 Å². The largest absolute Gasteiger partial charge is 0.496 e. The molecule has 0 saturated carbocycles. The van der Waals surface area contributed by atoms with Crippen LogP contribution in [-0.4, -0.2) is 18.0 Å². The fourth-order valence-electron chi connectivity index (χ4n) is 1.78. The highest BCUT2D eigenvalue weighted by Gasteiger charge is 2.08. The van der Waals surface area contributed by atoms with E-state index in [0.717, 1.165) is 16.9 Å². The lowest BCUT2D eigenvalue weighted by molar-refractivity contribution is 0.0945. The van der Waals surface area contributed by atoms with E-state index in [0.29, 0.717) is 12.2 Å². The fourth-order valence-corrected chi connectivity index (χ4v) is 1.78. The fraction of sp³-hybridized carbons (Fsp3) is 0.200. The molecule has 0 aliphatic rings. The number of amides is 1. The Kier molecular flexibility index (Phi) is 4.13. The molecule has 19 heavy (non-hydrogen) atoms. The molecule has 2 rings (SSSR count). The van der Waals surface area contributed by atoms with Gasteiger partial charge in [-0.3, -0.25) is 9.78 Å². The van der Waals surface area contributed by atoms with Gasteiger partial charge < -0.3 is 10.1 Å². The zero-order valence-corrected chi connectivity index (χ0v) is 11.0. The third-order valence-electron chi connectivity index (χ3n) is 2.78. The number of hydrogen-bond donors (Lipinski definition) is 1. The maximum atomic E-state index is 12.0. The molecule has 4 heteroatoms. The average molecular weight is 256 g/mol. The monoisotopic (exact) mass is 256 g/mol. The van der Waals surface area contributed by atoms with Gasteiger partial charge in [-0.25, -0.2) is 0 Å². The molecule has 0 aliphatic heterocycles. The summed E-state index contributed by atoms with van der Waals surface area (Å²) >= 11 is 0. The summed E-state index contributed by atoms with van der Waals surface area (Å²) in [5.74, 6) is 0.578. The lowest BCUT2D eigenvalue weighted by Crippen LogP contribution is -2.24. The third-order valence-corrected chi connectivity index (χ3v) is 2.78. The summed E-state index contributed by atoms with van der Waals surface area (Å²) in [6.45, 7) is 2.34. The summed E-state index contributed by atoms with van der Waals surface area (Å²) in [6.07, 6.45) is 1.63. The van der Waals surface area contributed by atoms with Crippen LogP contribution in [0, 0.1) is 6.92 Å². The first-order valence-corrected chi connectivity index (χ1v) is 6.03. The molecule has 0 radical (unpaired) electrons. The molecule has 98 valence electrons. The smallest absolute Gasteiger partial charge is 0.270 e. The Balaban J connectivity index is 2.04. The molecular weight excluding hydrogens is 240 g/mol. The highest BCUT2D eigenvalue weighted by Crippen LogP contribution is 2.16. The van der Waals surface area contributed by atoms with Crippen LogP contribution >= 0.6 is 0 Å². The van der Waals surface area contributed by atoms with Crippen LogP contribution in [0.25, 0.3) is 0 Å². The lowest BCUT2D eigenvalue weighted by atomic mass is 10.2. The van der Waals surface area contributed by atoms with Crippen molar-refractivity contribution in [3.05, 3.63) is 59.4 Å². The Morgan fingerprint density at radius 1 is 1.32 bits per heavy atom. The van der Waals surface area contributed by atoms with E-state index in [1.54, 1.807) is 19.4 Å². The maximum Gasteiger partial charge on any atom is 0.270 e. The number of nitrogens with zero attached hydrogens (tertiary/aromatic N) is 1. The number of rotatable bonds is 4. The summed E-state index contributed by atoms with van der Waals surface area (Å²) in [5, 5.41) is 2.84. The van der Waals surface area contributed by atoms with Crippen molar-refractivity contribution >= 4 is 5.91 Å². The van der Waals surface area contributed by atoms with E-state index in [4.69, 9.17) is 4.74 Å². The molecule has 1 aromatic heterocycles. The van der Waals surface area contributed by atoms with Gasteiger partial charge in [0.1, 0.15) is 11.4 Å². The molecule has 0 aliphatic carbocycles. The molecule has 1 N–H and O–H groups in total. The molecule has 0 fully saturated rings. The Morgan fingerprint density at radius 2 is 2.11 bits per heavy atom. The molecule has 0 saturated heterocycles.